The van der Waals surface area contributed by atoms with E-state index in [-0.39, 0.29) is 12.5 Å². The Bertz CT molecular complexity index is 959. The van der Waals surface area contributed by atoms with E-state index in [4.69, 9.17) is 14.2 Å². The molecule has 0 atom stereocenters. The van der Waals surface area contributed by atoms with E-state index in [1.165, 1.54) is 0 Å². The van der Waals surface area contributed by atoms with Gasteiger partial charge in [0, 0.05) is 12.6 Å². The van der Waals surface area contributed by atoms with Crippen LogP contribution < -0.4 is 23.8 Å². The maximum atomic E-state index is 12.4. The molecule has 0 saturated heterocycles. The highest BCUT2D eigenvalue weighted by Gasteiger charge is 2.23. The van der Waals surface area contributed by atoms with Crippen molar-refractivity contribution < 1.29 is 27.4 Å². The molecule has 1 aliphatic heterocycles. The van der Waals surface area contributed by atoms with Crippen LogP contribution in [0.5, 0.6) is 17.2 Å². The molecule has 0 aromatic heterocycles. The lowest BCUT2D eigenvalue weighted by atomic mass is 10.1. The van der Waals surface area contributed by atoms with Gasteiger partial charge in [-0.05, 0) is 36.2 Å². The van der Waals surface area contributed by atoms with E-state index in [2.05, 4.69) is 5.32 Å². The fourth-order valence-electron chi connectivity index (χ4n) is 2.91. The number of hydrogen-bond donors (Lipinski definition) is 1. The van der Waals surface area contributed by atoms with Gasteiger partial charge in [-0.25, -0.2) is 8.42 Å². The van der Waals surface area contributed by atoms with Crippen LogP contribution in [0.25, 0.3) is 0 Å². The van der Waals surface area contributed by atoms with Gasteiger partial charge in [0.25, 0.3) is 0 Å². The molecule has 2 aromatic carbocycles. The lowest BCUT2D eigenvalue weighted by Crippen LogP contribution is -2.41. The summed E-state index contributed by atoms with van der Waals surface area (Å²) in [5.41, 5.74) is 1.39. The molecule has 1 heterocycles. The van der Waals surface area contributed by atoms with Crippen LogP contribution in [0.15, 0.2) is 42.5 Å². The predicted octanol–water partition coefficient (Wildman–Crippen LogP) is 1.59. The molecule has 0 saturated carbocycles. The molecule has 0 fully saturated rings. The van der Waals surface area contributed by atoms with E-state index < -0.39 is 10.0 Å². The average molecular weight is 420 g/mol. The molecule has 0 aliphatic carbocycles. The number of rotatable bonds is 8. The Morgan fingerprint density at radius 1 is 1.10 bits per heavy atom. The zero-order valence-electron chi connectivity index (χ0n) is 16.4. The molecule has 0 bridgehead atoms. The van der Waals surface area contributed by atoms with Crippen molar-refractivity contribution in [3.8, 4) is 17.2 Å². The second-order valence-electron chi connectivity index (χ2n) is 6.55. The number of sulfonamides is 1. The van der Waals surface area contributed by atoms with E-state index in [9.17, 15) is 13.2 Å². The minimum atomic E-state index is -3.66. The molecule has 0 unspecified atom stereocenters. The molecule has 1 aliphatic rings. The Hall–Kier alpha value is -2.94. The summed E-state index contributed by atoms with van der Waals surface area (Å²) in [5.74, 6) is 1.39. The minimum Gasteiger partial charge on any atom is -0.497 e. The first kappa shape index (κ1) is 20.8. The highest BCUT2D eigenvalue weighted by molar-refractivity contribution is 7.92. The van der Waals surface area contributed by atoms with E-state index in [0.29, 0.717) is 43.4 Å². The van der Waals surface area contributed by atoms with Gasteiger partial charge in [-0.15, -0.1) is 0 Å². The van der Waals surface area contributed by atoms with Crippen LogP contribution in [0.4, 0.5) is 5.69 Å². The second-order valence-corrected chi connectivity index (χ2v) is 8.45. The van der Waals surface area contributed by atoms with E-state index in [0.717, 1.165) is 21.9 Å². The van der Waals surface area contributed by atoms with Crippen molar-refractivity contribution in [2.45, 2.75) is 6.42 Å². The fourth-order valence-corrected chi connectivity index (χ4v) is 3.76. The standard InChI is InChI=1S/C20H24N2O6S/c1-26-17-6-3-15(4-7-17)9-10-21-20(23)14-22(29(2,24)25)16-5-8-18-19(13-16)28-12-11-27-18/h3-8,13H,9-12,14H2,1-2H3,(H,21,23). The first-order valence-electron chi connectivity index (χ1n) is 9.14. The zero-order chi connectivity index (χ0) is 20.9. The molecule has 3 rings (SSSR count). The number of nitrogens with one attached hydrogen (secondary N) is 1. The maximum absolute atomic E-state index is 12.4. The quantitative estimate of drug-likeness (QED) is 0.697. The van der Waals surface area contributed by atoms with Crippen LogP contribution in [0.2, 0.25) is 0 Å². The number of amides is 1. The molecule has 29 heavy (non-hydrogen) atoms. The monoisotopic (exact) mass is 420 g/mol. The van der Waals surface area contributed by atoms with Crippen LogP contribution in [0.3, 0.4) is 0 Å². The highest BCUT2D eigenvalue weighted by Crippen LogP contribution is 2.34. The van der Waals surface area contributed by atoms with Crippen LogP contribution >= 0.6 is 0 Å². The van der Waals surface area contributed by atoms with Crippen LogP contribution in [0, 0.1) is 0 Å². The number of nitrogens with zero attached hydrogens (tertiary/aromatic N) is 1. The molecular formula is C20H24N2O6S. The molecule has 8 nitrogen and oxygen atoms in total. The second kappa shape index (κ2) is 9.04. The number of benzene rings is 2. The van der Waals surface area contributed by atoms with Gasteiger partial charge in [-0.2, -0.15) is 0 Å². The summed E-state index contributed by atoms with van der Waals surface area (Å²) in [7, 11) is -2.06. The van der Waals surface area contributed by atoms with E-state index in [1.807, 2.05) is 24.3 Å². The molecular weight excluding hydrogens is 396 g/mol. The first-order chi connectivity index (χ1) is 13.9. The Labute approximate surface area is 170 Å². The van der Waals surface area contributed by atoms with Gasteiger partial charge >= 0.3 is 0 Å². The van der Waals surface area contributed by atoms with Crippen molar-refractivity contribution >= 4 is 21.6 Å². The molecule has 0 radical (unpaired) electrons. The Morgan fingerprint density at radius 2 is 1.79 bits per heavy atom. The van der Waals surface area contributed by atoms with Crippen molar-refractivity contribution in [2.75, 3.05) is 44.0 Å². The van der Waals surface area contributed by atoms with E-state index in [1.54, 1.807) is 25.3 Å². The fraction of sp³-hybridized carbons (Fsp3) is 0.350. The third-order valence-electron chi connectivity index (χ3n) is 4.40. The molecule has 9 heteroatoms. The molecule has 2 aromatic rings. The van der Waals surface area contributed by atoms with Gasteiger partial charge in [-0.1, -0.05) is 12.1 Å². The summed E-state index contributed by atoms with van der Waals surface area (Å²) in [6.45, 7) is 0.908. The number of hydrogen-bond acceptors (Lipinski definition) is 6. The average Bonchev–Trinajstić information content (AvgIpc) is 2.71. The van der Waals surface area contributed by atoms with Gasteiger partial charge in [0.1, 0.15) is 25.5 Å². The van der Waals surface area contributed by atoms with Gasteiger partial charge in [0.2, 0.25) is 15.9 Å². The third-order valence-corrected chi connectivity index (χ3v) is 5.54. The molecule has 1 N–H and O–H groups in total. The number of ether oxygens (including phenoxy) is 3. The number of methoxy groups -OCH3 is 1. The maximum Gasteiger partial charge on any atom is 0.240 e. The summed E-state index contributed by atoms with van der Waals surface area (Å²) < 4.78 is 41.6. The van der Waals surface area contributed by atoms with E-state index >= 15 is 0 Å². The van der Waals surface area contributed by atoms with Crippen molar-refractivity contribution in [1.82, 2.24) is 5.32 Å². The summed E-state index contributed by atoms with van der Waals surface area (Å²) in [6.07, 6.45) is 1.69. The van der Waals surface area contributed by atoms with Gasteiger partial charge in [-0.3, -0.25) is 9.10 Å². The predicted molar refractivity (Wildman–Crippen MR) is 109 cm³/mol. The Balaban J connectivity index is 1.62. The SMILES string of the molecule is COc1ccc(CCNC(=O)CN(c2ccc3c(c2)OCCO3)S(C)(=O)=O)cc1. The molecule has 156 valence electrons. The lowest BCUT2D eigenvalue weighted by Gasteiger charge is -2.24. The van der Waals surface area contributed by atoms with Gasteiger partial charge in [0.05, 0.1) is 19.1 Å². The summed E-state index contributed by atoms with van der Waals surface area (Å²) >= 11 is 0. The van der Waals surface area contributed by atoms with Gasteiger partial charge in [0.15, 0.2) is 11.5 Å². The lowest BCUT2D eigenvalue weighted by molar-refractivity contribution is -0.119. The molecule has 0 spiro atoms. The normalized spacial score (nSPS) is 12.9. The van der Waals surface area contributed by atoms with Gasteiger partial charge < -0.3 is 19.5 Å². The third kappa shape index (κ3) is 5.54. The van der Waals surface area contributed by atoms with Crippen molar-refractivity contribution in [2.24, 2.45) is 0 Å². The highest BCUT2D eigenvalue weighted by atomic mass is 32.2. The van der Waals surface area contributed by atoms with Crippen molar-refractivity contribution in [3.63, 3.8) is 0 Å². The molecule has 1 amide bonds. The summed E-state index contributed by atoms with van der Waals surface area (Å²) in [6, 6.07) is 12.4. The Morgan fingerprint density at radius 3 is 2.45 bits per heavy atom. The van der Waals surface area contributed by atoms with Crippen LogP contribution in [-0.4, -0.2) is 54.0 Å². The number of fused-ring (bicyclic) bond motifs is 1. The van der Waals surface area contributed by atoms with Crippen LogP contribution in [0.1, 0.15) is 5.56 Å². The smallest absolute Gasteiger partial charge is 0.240 e. The number of carbonyl (C=O) groups excluding carboxylic acids is 1. The summed E-state index contributed by atoms with van der Waals surface area (Å²) in [4.78, 5) is 12.4. The first-order valence-corrected chi connectivity index (χ1v) is 11.0. The number of anilines is 1. The van der Waals surface area contributed by atoms with Crippen molar-refractivity contribution in [1.29, 1.82) is 0 Å². The topological polar surface area (TPSA) is 94.2 Å². The number of carbonyl (C=O) groups is 1. The largest absolute Gasteiger partial charge is 0.497 e. The Kier molecular flexibility index (Phi) is 6.48. The zero-order valence-corrected chi connectivity index (χ0v) is 17.2. The summed E-state index contributed by atoms with van der Waals surface area (Å²) in [5, 5.41) is 2.76. The minimum absolute atomic E-state index is 0.318. The van der Waals surface area contributed by atoms with Crippen LogP contribution in [-0.2, 0) is 21.2 Å². The van der Waals surface area contributed by atoms with Crippen molar-refractivity contribution in [3.05, 3.63) is 48.0 Å².